The van der Waals surface area contributed by atoms with Crippen molar-refractivity contribution in [2.75, 3.05) is 7.11 Å². The summed E-state index contributed by atoms with van der Waals surface area (Å²) < 4.78 is 4.98. The van der Waals surface area contributed by atoms with Crippen LogP contribution in [0.5, 0.6) is 5.88 Å². The fourth-order valence-corrected chi connectivity index (χ4v) is 2.65. The average molecular weight is 279 g/mol. The Bertz CT molecular complexity index is 520. The maximum Gasteiger partial charge on any atom is 0.233 e. The quantitative estimate of drug-likeness (QED) is 0.634. The van der Waals surface area contributed by atoms with Gasteiger partial charge in [0.15, 0.2) is 0 Å². The zero-order valence-corrected chi connectivity index (χ0v) is 12.0. The second-order valence-corrected chi connectivity index (χ2v) is 5.46. The Hall–Kier alpha value is -1.57. The summed E-state index contributed by atoms with van der Waals surface area (Å²) in [5.41, 5.74) is 4.59. The molecule has 0 aromatic carbocycles. The van der Waals surface area contributed by atoms with E-state index in [0.717, 1.165) is 16.4 Å². The molecule has 2 aromatic rings. The molecule has 0 aliphatic rings. The lowest BCUT2D eigenvalue weighted by Gasteiger charge is -2.13. The highest BCUT2D eigenvalue weighted by molar-refractivity contribution is 7.11. The van der Waals surface area contributed by atoms with E-state index in [9.17, 15) is 0 Å². The SMILES string of the molecule is COc1ccc(C(Cc2nc(C)c(C)s2)NN)nn1. The van der Waals surface area contributed by atoms with Crippen molar-refractivity contribution in [3.8, 4) is 5.88 Å². The van der Waals surface area contributed by atoms with Crippen molar-refractivity contribution in [2.24, 2.45) is 5.84 Å². The number of thiazole rings is 1. The van der Waals surface area contributed by atoms with E-state index < -0.39 is 0 Å². The topological polar surface area (TPSA) is 86.0 Å². The number of hydrogen-bond acceptors (Lipinski definition) is 7. The number of ether oxygens (including phenoxy) is 1. The zero-order valence-electron chi connectivity index (χ0n) is 11.2. The average Bonchev–Trinajstić information content (AvgIpc) is 2.75. The van der Waals surface area contributed by atoms with Gasteiger partial charge in [-0.05, 0) is 19.9 Å². The van der Waals surface area contributed by atoms with Gasteiger partial charge >= 0.3 is 0 Å². The van der Waals surface area contributed by atoms with E-state index in [0.29, 0.717) is 12.3 Å². The van der Waals surface area contributed by atoms with Gasteiger partial charge < -0.3 is 4.74 Å². The molecule has 6 nitrogen and oxygen atoms in total. The van der Waals surface area contributed by atoms with Gasteiger partial charge in [0.05, 0.1) is 29.5 Å². The van der Waals surface area contributed by atoms with Crippen LogP contribution in [-0.2, 0) is 6.42 Å². The molecule has 0 saturated carbocycles. The second kappa shape index (κ2) is 6.05. The van der Waals surface area contributed by atoms with Gasteiger partial charge in [0.1, 0.15) is 0 Å². The van der Waals surface area contributed by atoms with Crippen LogP contribution < -0.4 is 16.0 Å². The summed E-state index contributed by atoms with van der Waals surface area (Å²) in [7, 11) is 1.56. The molecule has 19 heavy (non-hydrogen) atoms. The van der Waals surface area contributed by atoms with Crippen molar-refractivity contribution < 1.29 is 4.74 Å². The number of hydrazine groups is 1. The standard InChI is InChI=1S/C12H17N5OS/c1-7-8(2)19-12(14-7)6-10(15-13)9-4-5-11(18-3)17-16-9/h4-5,10,15H,6,13H2,1-3H3. The first-order valence-corrected chi connectivity index (χ1v) is 6.72. The molecule has 0 fully saturated rings. The van der Waals surface area contributed by atoms with E-state index in [-0.39, 0.29) is 6.04 Å². The Morgan fingerprint density at radius 3 is 2.63 bits per heavy atom. The Kier molecular flexibility index (Phi) is 4.41. The summed E-state index contributed by atoms with van der Waals surface area (Å²) in [5.74, 6) is 6.08. The minimum Gasteiger partial charge on any atom is -0.480 e. The van der Waals surface area contributed by atoms with E-state index in [1.54, 1.807) is 24.5 Å². The molecule has 0 aliphatic heterocycles. The summed E-state index contributed by atoms with van der Waals surface area (Å²) in [6, 6.07) is 3.51. The highest BCUT2D eigenvalue weighted by Crippen LogP contribution is 2.22. The van der Waals surface area contributed by atoms with Crippen LogP contribution in [-0.4, -0.2) is 22.3 Å². The molecule has 0 radical (unpaired) electrons. The van der Waals surface area contributed by atoms with Gasteiger partial charge in [-0.25, -0.2) is 4.98 Å². The number of nitrogens with zero attached hydrogens (tertiary/aromatic N) is 3. The Balaban J connectivity index is 2.14. The Morgan fingerprint density at radius 1 is 1.37 bits per heavy atom. The zero-order chi connectivity index (χ0) is 13.8. The number of nitrogens with two attached hydrogens (primary N) is 1. The lowest BCUT2D eigenvalue weighted by Crippen LogP contribution is -2.30. The molecule has 0 bridgehead atoms. The molecular formula is C12H17N5OS. The third kappa shape index (κ3) is 3.25. The molecule has 0 aliphatic carbocycles. The Morgan fingerprint density at radius 2 is 2.16 bits per heavy atom. The molecule has 1 unspecified atom stereocenters. The lowest BCUT2D eigenvalue weighted by atomic mass is 10.1. The molecular weight excluding hydrogens is 262 g/mol. The smallest absolute Gasteiger partial charge is 0.233 e. The van der Waals surface area contributed by atoms with Crippen molar-refractivity contribution in [2.45, 2.75) is 26.3 Å². The fraction of sp³-hybridized carbons (Fsp3) is 0.417. The first-order valence-electron chi connectivity index (χ1n) is 5.90. The molecule has 0 spiro atoms. The van der Waals surface area contributed by atoms with Gasteiger partial charge in [0.2, 0.25) is 5.88 Å². The van der Waals surface area contributed by atoms with Crippen LogP contribution in [0.3, 0.4) is 0 Å². The van der Waals surface area contributed by atoms with Crippen LogP contribution in [0, 0.1) is 13.8 Å². The molecule has 102 valence electrons. The molecule has 7 heteroatoms. The summed E-state index contributed by atoms with van der Waals surface area (Å²) >= 11 is 1.68. The minimum atomic E-state index is -0.108. The number of aromatic nitrogens is 3. The van der Waals surface area contributed by atoms with E-state index in [4.69, 9.17) is 10.6 Å². The molecule has 2 heterocycles. The molecule has 0 saturated heterocycles. The van der Waals surface area contributed by atoms with Crippen LogP contribution in [0.15, 0.2) is 12.1 Å². The number of aryl methyl sites for hydroxylation is 2. The van der Waals surface area contributed by atoms with Crippen molar-refractivity contribution in [1.29, 1.82) is 0 Å². The summed E-state index contributed by atoms with van der Waals surface area (Å²) in [5, 5.41) is 9.09. The number of nitrogens with one attached hydrogen (secondary N) is 1. The van der Waals surface area contributed by atoms with E-state index in [1.807, 2.05) is 13.0 Å². The second-order valence-electron chi connectivity index (χ2n) is 4.17. The maximum absolute atomic E-state index is 5.60. The first-order chi connectivity index (χ1) is 9.13. The van der Waals surface area contributed by atoms with E-state index in [1.165, 1.54) is 4.88 Å². The normalized spacial score (nSPS) is 12.4. The lowest BCUT2D eigenvalue weighted by molar-refractivity contribution is 0.389. The van der Waals surface area contributed by atoms with Crippen molar-refractivity contribution in [3.05, 3.63) is 33.4 Å². The summed E-state index contributed by atoms with van der Waals surface area (Å²) in [6.07, 6.45) is 0.691. The van der Waals surface area contributed by atoms with E-state index >= 15 is 0 Å². The maximum atomic E-state index is 5.60. The predicted octanol–water partition coefficient (Wildman–Crippen LogP) is 1.31. The highest BCUT2D eigenvalue weighted by atomic mass is 32.1. The monoisotopic (exact) mass is 279 g/mol. The molecule has 1 atom stereocenters. The molecule has 2 rings (SSSR count). The molecule has 0 amide bonds. The molecule has 3 N–H and O–H groups in total. The first kappa shape index (κ1) is 13.9. The summed E-state index contributed by atoms with van der Waals surface area (Å²) in [4.78, 5) is 5.74. The van der Waals surface area contributed by atoms with Crippen molar-refractivity contribution in [3.63, 3.8) is 0 Å². The van der Waals surface area contributed by atoms with Gasteiger partial charge in [-0.1, -0.05) is 0 Å². The number of methoxy groups -OCH3 is 1. The van der Waals surface area contributed by atoms with Crippen LogP contribution in [0.25, 0.3) is 0 Å². The van der Waals surface area contributed by atoms with Gasteiger partial charge in [-0.2, -0.15) is 5.10 Å². The summed E-state index contributed by atoms with van der Waals surface area (Å²) in [6.45, 7) is 4.07. The van der Waals surface area contributed by atoms with Crippen LogP contribution in [0.2, 0.25) is 0 Å². The fourth-order valence-electron chi connectivity index (χ4n) is 1.68. The highest BCUT2D eigenvalue weighted by Gasteiger charge is 2.15. The van der Waals surface area contributed by atoms with Crippen LogP contribution >= 0.6 is 11.3 Å². The Labute approximate surface area is 116 Å². The minimum absolute atomic E-state index is 0.108. The third-order valence-corrected chi connectivity index (χ3v) is 3.97. The van der Waals surface area contributed by atoms with Gasteiger partial charge in [-0.3, -0.25) is 11.3 Å². The number of rotatable bonds is 5. The van der Waals surface area contributed by atoms with Crippen molar-refractivity contribution in [1.82, 2.24) is 20.6 Å². The third-order valence-electron chi connectivity index (χ3n) is 2.88. The number of hydrogen-bond donors (Lipinski definition) is 2. The van der Waals surface area contributed by atoms with Crippen LogP contribution in [0.1, 0.15) is 27.3 Å². The molecule has 2 aromatic heterocycles. The predicted molar refractivity (Wildman–Crippen MR) is 73.9 cm³/mol. The van der Waals surface area contributed by atoms with Gasteiger partial charge in [0, 0.05) is 17.4 Å². The van der Waals surface area contributed by atoms with E-state index in [2.05, 4.69) is 27.5 Å². The van der Waals surface area contributed by atoms with Crippen LogP contribution in [0.4, 0.5) is 0 Å². The van der Waals surface area contributed by atoms with Gasteiger partial charge in [0.25, 0.3) is 0 Å². The van der Waals surface area contributed by atoms with Gasteiger partial charge in [-0.15, -0.1) is 16.4 Å². The van der Waals surface area contributed by atoms with Crippen molar-refractivity contribution >= 4 is 11.3 Å². The largest absolute Gasteiger partial charge is 0.480 e.